The molecule has 0 saturated heterocycles. The third-order valence-electron chi connectivity index (χ3n) is 3.26. The molecule has 2 rings (SSSR count). The van der Waals surface area contributed by atoms with Crippen LogP contribution in [0.2, 0.25) is 5.02 Å². The summed E-state index contributed by atoms with van der Waals surface area (Å²) in [5.74, 6) is 1.22. The molecule has 5 nitrogen and oxygen atoms in total. The van der Waals surface area contributed by atoms with Crippen molar-refractivity contribution in [2.75, 3.05) is 5.32 Å². The van der Waals surface area contributed by atoms with Crippen molar-refractivity contribution in [3.63, 3.8) is 0 Å². The molecule has 1 N–H and O–H groups in total. The highest BCUT2D eigenvalue weighted by Gasteiger charge is 2.22. The van der Waals surface area contributed by atoms with E-state index in [1.807, 2.05) is 33.8 Å². The van der Waals surface area contributed by atoms with Crippen molar-refractivity contribution in [1.82, 2.24) is 5.16 Å². The van der Waals surface area contributed by atoms with E-state index in [4.69, 9.17) is 20.9 Å². The minimum absolute atomic E-state index is 0.173. The predicted octanol–water partition coefficient (Wildman–Crippen LogP) is 4.34. The first kappa shape index (κ1) is 17.3. The highest BCUT2D eigenvalue weighted by atomic mass is 35.5. The van der Waals surface area contributed by atoms with Crippen molar-refractivity contribution in [3.05, 3.63) is 40.6 Å². The number of hydrogen-bond acceptors (Lipinski definition) is 4. The second kappa shape index (κ2) is 6.62. The Kier molecular flexibility index (Phi) is 5.00. The number of anilines is 1. The maximum Gasteiger partial charge on any atom is 0.266 e. The summed E-state index contributed by atoms with van der Waals surface area (Å²) in [5.41, 5.74) is 0.830. The van der Waals surface area contributed by atoms with Crippen LogP contribution in [-0.4, -0.2) is 17.2 Å². The zero-order valence-electron chi connectivity index (χ0n) is 13.9. The molecule has 0 bridgehead atoms. The van der Waals surface area contributed by atoms with Gasteiger partial charge in [0.15, 0.2) is 11.9 Å². The molecular formula is C17H21ClN2O3. The molecule has 0 fully saturated rings. The number of aromatic nitrogens is 1. The number of benzene rings is 1. The van der Waals surface area contributed by atoms with Crippen LogP contribution in [0.15, 0.2) is 28.8 Å². The summed E-state index contributed by atoms with van der Waals surface area (Å²) in [6.45, 7) is 9.59. The fourth-order valence-electron chi connectivity index (χ4n) is 1.86. The van der Waals surface area contributed by atoms with Gasteiger partial charge < -0.3 is 14.6 Å². The number of carbonyl (C=O) groups is 1. The van der Waals surface area contributed by atoms with Gasteiger partial charge in [-0.1, -0.05) is 43.6 Å². The van der Waals surface area contributed by atoms with E-state index in [2.05, 4.69) is 10.5 Å². The lowest BCUT2D eigenvalue weighted by molar-refractivity contribution is -0.122. The third-order valence-corrected chi connectivity index (χ3v) is 3.57. The summed E-state index contributed by atoms with van der Waals surface area (Å²) >= 11 is 6.07. The van der Waals surface area contributed by atoms with Gasteiger partial charge in [-0.05, 0) is 31.5 Å². The van der Waals surface area contributed by atoms with Crippen LogP contribution < -0.4 is 10.1 Å². The Balaban J connectivity index is 2.03. The minimum atomic E-state index is -0.718. The topological polar surface area (TPSA) is 64.4 Å². The van der Waals surface area contributed by atoms with Gasteiger partial charge in [0, 0.05) is 11.5 Å². The Morgan fingerprint density at radius 2 is 2.04 bits per heavy atom. The molecule has 1 aromatic carbocycles. The Hall–Kier alpha value is -2.01. The molecule has 23 heavy (non-hydrogen) atoms. The van der Waals surface area contributed by atoms with Crippen molar-refractivity contribution >= 4 is 23.3 Å². The van der Waals surface area contributed by atoms with E-state index in [-0.39, 0.29) is 11.3 Å². The third kappa shape index (κ3) is 4.48. The summed E-state index contributed by atoms with van der Waals surface area (Å²) in [6.07, 6.45) is -0.718. The molecule has 0 radical (unpaired) electrons. The normalized spacial score (nSPS) is 12.8. The van der Waals surface area contributed by atoms with E-state index in [1.54, 1.807) is 25.1 Å². The van der Waals surface area contributed by atoms with Crippen LogP contribution in [0.25, 0.3) is 0 Å². The Labute approximate surface area is 141 Å². The second-order valence-electron chi connectivity index (χ2n) is 6.51. The largest absolute Gasteiger partial charge is 0.479 e. The predicted molar refractivity (Wildman–Crippen MR) is 90.1 cm³/mol. The molecule has 0 aliphatic carbocycles. The minimum Gasteiger partial charge on any atom is -0.479 e. The van der Waals surface area contributed by atoms with Gasteiger partial charge in [-0.15, -0.1) is 0 Å². The second-order valence-corrected chi connectivity index (χ2v) is 6.92. The van der Waals surface area contributed by atoms with Crippen molar-refractivity contribution < 1.29 is 14.1 Å². The van der Waals surface area contributed by atoms with E-state index in [9.17, 15) is 4.79 Å². The van der Waals surface area contributed by atoms with E-state index >= 15 is 0 Å². The maximum absolute atomic E-state index is 12.2. The lowest BCUT2D eigenvalue weighted by atomic mass is 9.93. The van der Waals surface area contributed by atoms with Crippen molar-refractivity contribution in [3.8, 4) is 5.75 Å². The van der Waals surface area contributed by atoms with E-state index < -0.39 is 6.10 Å². The van der Waals surface area contributed by atoms with Gasteiger partial charge in [-0.2, -0.15) is 0 Å². The van der Waals surface area contributed by atoms with Gasteiger partial charge >= 0.3 is 0 Å². The summed E-state index contributed by atoms with van der Waals surface area (Å²) in [4.78, 5) is 12.2. The Morgan fingerprint density at radius 3 is 2.65 bits per heavy atom. The van der Waals surface area contributed by atoms with Gasteiger partial charge in [0.1, 0.15) is 11.5 Å². The summed E-state index contributed by atoms with van der Waals surface area (Å²) in [7, 11) is 0. The number of ether oxygens (including phenoxy) is 1. The van der Waals surface area contributed by atoms with E-state index in [0.29, 0.717) is 22.4 Å². The first-order valence-corrected chi connectivity index (χ1v) is 7.75. The van der Waals surface area contributed by atoms with Crippen LogP contribution >= 0.6 is 11.6 Å². The van der Waals surface area contributed by atoms with Gasteiger partial charge in [0.2, 0.25) is 0 Å². The molecular weight excluding hydrogens is 316 g/mol. The van der Waals surface area contributed by atoms with Crippen LogP contribution in [-0.2, 0) is 10.2 Å². The van der Waals surface area contributed by atoms with E-state index in [1.165, 1.54) is 0 Å². The number of hydrogen-bond donors (Lipinski definition) is 1. The van der Waals surface area contributed by atoms with Gasteiger partial charge in [-0.3, -0.25) is 4.79 Å². The van der Waals surface area contributed by atoms with Crippen LogP contribution in [0.1, 0.15) is 39.0 Å². The molecule has 1 atom stereocenters. The molecule has 0 aliphatic rings. The molecule has 0 spiro atoms. The molecule has 6 heteroatoms. The standard InChI is InChI=1S/C17H21ClN2O3/c1-10-6-7-12(18)13(8-10)22-11(2)16(21)19-15-9-14(23-20-15)17(3,4)5/h6-9,11H,1-5H3,(H,19,20,21)/t11-/m0/s1. The van der Waals surface area contributed by atoms with Crippen LogP contribution in [0.5, 0.6) is 5.75 Å². The summed E-state index contributed by atoms with van der Waals surface area (Å²) < 4.78 is 10.9. The lowest BCUT2D eigenvalue weighted by Gasteiger charge is -2.15. The molecule has 2 aromatic rings. The number of nitrogens with one attached hydrogen (secondary N) is 1. The van der Waals surface area contributed by atoms with Crippen LogP contribution in [0.3, 0.4) is 0 Å². The summed E-state index contributed by atoms with van der Waals surface area (Å²) in [6, 6.07) is 7.12. The monoisotopic (exact) mass is 336 g/mol. The zero-order chi connectivity index (χ0) is 17.2. The van der Waals surface area contributed by atoms with Gasteiger partial charge in [0.25, 0.3) is 5.91 Å². The lowest BCUT2D eigenvalue weighted by Crippen LogP contribution is -2.30. The molecule has 1 heterocycles. The molecule has 0 aliphatic heterocycles. The molecule has 124 valence electrons. The highest BCUT2D eigenvalue weighted by molar-refractivity contribution is 6.32. The average molecular weight is 337 g/mol. The average Bonchev–Trinajstić information content (AvgIpc) is 2.91. The van der Waals surface area contributed by atoms with Crippen molar-refractivity contribution in [2.24, 2.45) is 0 Å². The van der Waals surface area contributed by atoms with Crippen LogP contribution in [0, 0.1) is 6.92 Å². The Bertz CT molecular complexity index is 704. The van der Waals surface area contributed by atoms with Gasteiger partial charge in [-0.25, -0.2) is 0 Å². The first-order valence-electron chi connectivity index (χ1n) is 7.37. The molecule has 0 unspecified atom stereocenters. The maximum atomic E-state index is 12.2. The number of amides is 1. The Morgan fingerprint density at radius 1 is 1.35 bits per heavy atom. The quantitative estimate of drug-likeness (QED) is 0.902. The summed E-state index contributed by atoms with van der Waals surface area (Å²) in [5, 5.41) is 7.00. The zero-order valence-corrected chi connectivity index (χ0v) is 14.7. The van der Waals surface area contributed by atoms with E-state index in [0.717, 1.165) is 5.56 Å². The van der Waals surface area contributed by atoms with Gasteiger partial charge in [0.05, 0.1) is 5.02 Å². The molecule has 0 saturated carbocycles. The smallest absolute Gasteiger partial charge is 0.266 e. The fraction of sp³-hybridized carbons (Fsp3) is 0.412. The van der Waals surface area contributed by atoms with Crippen molar-refractivity contribution in [1.29, 1.82) is 0 Å². The fourth-order valence-corrected chi connectivity index (χ4v) is 2.02. The number of carbonyl (C=O) groups excluding carboxylic acids is 1. The number of aryl methyl sites for hydroxylation is 1. The SMILES string of the molecule is Cc1ccc(Cl)c(O[C@@H](C)C(=O)Nc2cc(C(C)(C)C)on2)c1. The number of halogens is 1. The number of nitrogens with zero attached hydrogens (tertiary/aromatic N) is 1. The molecule has 1 amide bonds. The van der Waals surface area contributed by atoms with Crippen molar-refractivity contribution in [2.45, 2.75) is 46.1 Å². The van der Waals surface area contributed by atoms with Crippen LogP contribution in [0.4, 0.5) is 5.82 Å². The number of rotatable bonds is 4. The first-order chi connectivity index (χ1) is 10.7. The molecule has 1 aromatic heterocycles. The highest BCUT2D eigenvalue weighted by Crippen LogP contribution is 2.27.